The summed E-state index contributed by atoms with van der Waals surface area (Å²) in [5, 5.41) is 1.91. The Labute approximate surface area is 61.1 Å². The van der Waals surface area contributed by atoms with E-state index in [1.807, 2.05) is 5.01 Å². The second-order valence-electron chi connectivity index (χ2n) is 3.41. The van der Waals surface area contributed by atoms with Crippen molar-refractivity contribution in [3.8, 4) is 0 Å². The molecule has 3 aliphatic rings. The Balaban J connectivity index is 1.96. The molecule has 0 radical (unpaired) electrons. The van der Waals surface area contributed by atoms with E-state index in [1.165, 1.54) is 6.42 Å². The molecule has 3 nitrogen and oxygen atoms in total. The van der Waals surface area contributed by atoms with Gasteiger partial charge >= 0.3 is 0 Å². The van der Waals surface area contributed by atoms with Crippen LogP contribution in [0, 0.1) is 11.8 Å². The number of fused-ring (bicyclic) bond motifs is 2. The summed E-state index contributed by atoms with van der Waals surface area (Å²) in [5.41, 5.74) is 0. The van der Waals surface area contributed by atoms with Gasteiger partial charge in [0.25, 0.3) is 0 Å². The maximum absolute atomic E-state index is 5.65. The van der Waals surface area contributed by atoms with Gasteiger partial charge in [-0.25, -0.2) is 5.01 Å². The summed E-state index contributed by atoms with van der Waals surface area (Å²) < 4.78 is 5.32. The van der Waals surface area contributed by atoms with Gasteiger partial charge in [-0.15, -0.1) is 0 Å². The summed E-state index contributed by atoms with van der Waals surface area (Å²) in [7, 11) is 1.80. The van der Waals surface area contributed by atoms with Crippen LogP contribution in [0.3, 0.4) is 0 Å². The molecule has 3 fully saturated rings. The summed E-state index contributed by atoms with van der Waals surface area (Å²) in [4.78, 5) is 0. The number of ether oxygens (including phenoxy) is 1. The molecular weight excluding hydrogens is 128 g/mol. The van der Waals surface area contributed by atoms with Crippen molar-refractivity contribution < 1.29 is 4.74 Å². The molecule has 2 N–H and O–H groups in total. The molecule has 1 saturated carbocycles. The molecule has 2 bridgehead atoms. The number of hydrazine groups is 1. The van der Waals surface area contributed by atoms with E-state index in [2.05, 4.69) is 0 Å². The maximum Gasteiger partial charge on any atom is 0.0653 e. The van der Waals surface area contributed by atoms with Gasteiger partial charge in [-0.2, -0.15) is 0 Å². The van der Waals surface area contributed by atoms with E-state index in [4.69, 9.17) is 10.6 Å². The lowest BCUT2D eigenvalue weighted by atomic mass is 9.68. The summed E-state index contributed by atoms with van der Waals surface area (Å²) in [6.45, 7) is 2.05. The van der Waals surface area contributed by atoms with Crippen LogP contribution in [-0.4, -0.2) is 31.3 Å². The molecule has 3 heteroatoms. The zero-order chi connectivity index (χ0) is 7.14. The average molecular weight is 142 g/mol. The van der Waals surface area contributed by atoms with Gasteiger partial charge in [0.15, 0.2) is 0 Å². The third-order valence-corrected chi connectivity index (χ3v) is 2.74. The van der Waals surface area contributed by atoms with Gasteiger partial charge < -0.3 is 4.74 Å². The van der Waals surface area contributed by atoms with E-state index in [1.54, 1.807) is 7.11 Å². The van der Waals surface area contributed by atoms with Crippen molar-refractivity contribution in [1.29, 1.82) is 0 Å². The fourth-order valence-electron chi connectivity index (χ4n) is 2.26. The van der Waals surface area contributed by atoms with Crippen LogP contribution in [-0.2, 0) is 4.74 Å². The Morgan fingerprint density at radius 1 is 1.40 bits per heavy atom. The standard InChI is InChI=1S/C7H14N2O/c1-10-7-5-2-6(7)4-9(8)3-5/h5-7H,2-4,8H2,1H3/t5-,6-/m0/s1. The molecule has 0 amide bonds. The Morgan fingerprint density at radius 2 is 2.00 bits per heavy atom. The highest BCUT2D eigenvalue weighted by atomic mass is 16.5. The predicted octanol–water partition coefficient (Wildman–Crippen LogP) is -0.173. The summed E-state index contributed by atoms with van der Waals surface area (Å²) in [6, 6.07) is 0. The van der Waals surface area contributed by atoms with Crippen LogP contribution in [0.1, 0.15) is 6.42 Å². The average Bonchev–Trinajstić information content (AvgIpc) is 1.87. The number of piperidine rings is 2. The maximum atomic E-state index is 5.65. The highest BCUT2D eigenvalue weighted by Gasteiger charge is 2.46. The van der Waals surface area contributed by atoms with Gasteiger partial charge in [-0.05, 0) is 18.3 Å². The highest BCUT2D eigenvalue weighted by molar-refractivity contribution is 4.96. The van der Waals surface area contributed by atoms with Gasteiger partial charge in [0.1, 0.15) is 0 Å². The number of methoxy groups -OCH3 is 1. The smallest absolute Gasteiger partial charge is 0.0653 e. The summed E-state index contributed by atoms with van der Waals surface area (Å²) in [5.74, 6) is 7.08. The van der Waals surface area contributed by atoms with Crippen molar-refractivity contribution in [3.05, 3.63) is 0 Å². The molecule has 0 aromatic carbocycles. The fourth-order valence-corrected chi connectivity index (χ4v) is 2.26. The Bertz CT molecular complexity index is 128. The second kappa shape index (κ2) is 2.19. The van der Waals surface area contributed by atoms with Gasteiger partial charge in [0, 0.05) is 20.2 Å². The van der Waals surface area contributed by atoms with Crippen LogP contribution in [0.2, 0.25) is 0 Å². The molecule has 2 aliphatic heterocycles. The number of nitrogens with zero attached hydrogens (tertiary/aromatic N) is 1. The highest BCUT2D eigenvalue weighted by Crippen LogP contribution is 2.40. The van der Waals surface area contributed by atoms with Crippen LogP contribution in [0.4, 0.5) is 0 Å². The van der Waals surface area contributed by atoms with Crippen LogP contribution in [0.25, 0.3) is 0 Å². The van der Waals surface area contributed by atoms with E-state index in [0.29, 0.717) is 17.9 Å². The third kappa shape index (κ3) is 0.779. The lowest BCUT2D eigenvalue weighted by Gasteiger charge is -2.51. The first kappa shape index (κ1) is 6.58. The first-order chi connectivity index (χ1) is 4.81. The number of hydrogen-bond donors (Lipinski definition) is 1. The lowest BCUT2D eigenvalue weighted by molar-refractivity contribution is -0.127. The third-order valence-electron chi connectivity index (χ3n) is 2.74. The minimum absolute atomic E-state index is 0.514. The molecule has 58 valence electrons. The number of rotatable bonds is 1. The molecule has 3 rings (SSSR count). The van der Waals surface area contributed by atoms with Crippen molar-refractivity contribution >= 4 is 0 Å². The topological polar surface area (TPSA) is 38.5 Å². The van der Waals surface area contributed by atoms with E-state index < -0.39 is 0 Å². The molecule has 2 saturated heterocycles. The summed E-state index contributed by atoms with van der Waals surface area (Å²) >= 11 is 0. The first-order valence-electron chi connectivity index (χ1n) is 3.83. The first-order valence-corrected chi connectivity index (χ1v) is 3.83. The summed E-state index contributed by atoms with van der Waals surface area (Å²) in [6.07, 6.45) is 1.84. The second-order valence-corrected chi connectivity index (χ2v) is 3.41. The van der Waals surface area contributed by atoms with Crippen LogP contribution in [0.5, 0.6) is 0 Å². The van der Waals surface area contributed by atoms with Crippen LogP contribution in [0.15, 0.2) is 0 Å². The molecular formula is C7H14N2O. The SMILES string of the molecule is COC1[C@H]2C[C@H]1CN(N)C2. The molecule has 0 unspecified atom stereocenters. The molecule has 1 aliphatic carbocycles. The zero-order valence-corrected chi connectivity index (χ0v) is 6.29. The quantitative estimate of drug-likeness (QED) is 0.516. The van der Waals surface area contributed by atoms with Gasteiger partial charge in [-0.3, -0.25) is 5.84 Å². The van der Waals surface area contributed by atoms with E-state index in [0.717, 1.165) is 13.1 Å². The van der Waals surface area contributed by atoms with Crippen molar-refractivity contribution in [2.24, 2.45) is 17.7 Å². The monoisotopic (exact) mass is 142 g/mol. The normalized spacial score (nSPS) is 46.8. The zero-order valence-electron chi connectivity index (χ0n) is 6.29. The van der Waals surface area contributed by atoms with Crippen LogP contribution >= 0.6 is 0 Å². The Kier molecular flexibility index (Phi) is 1.44. The molecule has 0 aromatic rings. The lowest BCUT2D eigenvalue weighted by Crippen LogP contribution is -2.60. The van der Waals surface area contributed by atoms with Crippen LogP contribution < -0.4 is 5.84 Å². The van der Waals surface area contributed by atoms with Crippen molar-refractivity contribution in [1.82, 2.24) is 5.01 Å². The van der Waals surface area contributed by atoms with Crippen molar-refractivity contribution in [3.63, 3.8) is 0 Å². The Hall–Kier alpha value is -0.120. The molecule has 10 heavy (non-hydrogen) atoms. The van der Waals surface area contributed by atoms with Gasteiger partial charge in [-0.1, -0.05) is 0 Å². The number of hydrogen-bond acceptors (Lipinski definition) is 3. The fraction of sp³-hybridized carbons (Fsp3) is 1.00. The minimum Gasteiger partial charge on any atom is -0.381 e. The molecule has 0 spiro atoms. The van der Waals surface area contributed by atoms with Gasteiger partial charge in [0.2, 0.25) is 0 Å². The van der Waals surface area contributed by atoms with E-state index in [9.17, 15) is 0 Å². The largest absolute Gasteiger partial charge is 0.381 e. The molecule has 2 heterocycles. The number of nitrogens with two attached hydrogens (primary N) is 1. The van der Waals surface area contributed by atoms with E-state index >= 15 is 0 Å². The van der Waals surface area contributed by atoms with Gasteiger partial charge in [0.05, 0.1) is 6.10 Å². The Morgan fingerprint density at radius 3 is 2.50 bits per heavy atom. The van der Waals surface area contributed by atoms with E-state index in [-0.39, 0.29) is 0 Å². The predicted molar refractivity (Wildman–Crippen MR) is 38.2 cm³/mol. The minimum atomic E-state index is 0.514. The van der Waals surface area contributed by atoms with Crippen molar-refractivity contribution in [2.75, 3.05) is 20.2 Å². The molecule has 0 aromatic heterocycles. The molecule has 2 atom stereocenters. The van der Waals surface area contributed by atoms with Crippen molar-refractivity contribution in [2.45, 2.75) is 12.5 Å².